The molecule has 12 heavy (non-hydrogen) atoms. The lowest BCUT2D eigenvalue weighted by atomic mass is 10.5. The van der Waals surface area contributed by atoms with E-state index >= 15 is 0 Å². The number of hydrogen-bond donors (Lipinski definition) is 0. The van der Waals surface area contributed by atoms with Gasteiger partial charge >= 0.3 is 0 Å². The quantitative estimate of drug-likeness (QED) is 0.569. The molecule has 4 nitrogen and oxygen atoms in total. The fourth-order valence-electron chi connectivity index (χ4n) is 0.980. The highest BCUT2D eigenvalue weighted by molar-refractivity contribution is 4.48. The minimum Gasteiger partial charge on any atom is -0.385 e. The van der Waals surface area contributed by atoms with Gasteiger partial charge in [-0.05, 0) is 6.42 Å². The van der Waals surface area contributed by atoms with Crippen LogP contribution in [0.25, 0.3) is 0 Å². The van der Waals surface area contributed by atoms with Gasteiger partial charge in [0.2, 0.25) is 0 Å². The van der Waals surface area contributed by atoms with E-state index in [-0.39, 0.29) is 6.29 Å². The highest BCUT2D eigenvalue weighted by atomic mass is 16.7. The van der Waals surface area contributed by atoms with E-state index in [2.05, 4.69) is 0 Å². The van der Waals surface area contributed by atoms with Crippen molar-refractivity contribution in [2.75, 3.05) is 40.1 Å². The van der Waals surface area contributed by atoms with Crippen LogP contribution in [0.1, 0.15) is 6.42 Å². The lowest BCUT2D eigenvalue weighted by Gasteiger charge is -2.22. The molecule has 0 aromatic rings. The molecule has 1 heterocycles. The predicted octanol–water partition coefficient (Wildman–Crippen LogP) is 0.412. The predicted molar refractivity (Wildman–Crippen MR) is 43.0 cm³/mol. The largest absolute Gasteiger partial charge is 0.385 e. The van der Waals surface area contributed by atoms with Gasteiger partial charge in [0, 0.05) is 13.7 Å². The molecule has 0 aromatic carbocycles. The van der Waals surface area contributed by atoms with Crippen molar-refractivity contribution in [1.29, 1.82) is 0 Å². The average molecular weight is 176 g/mol. The van der Waals surface area contributed by atoms with Crippen LogP contribution in [0.15, 0.2) is 0 Å². The zero-order valence-corrected chi connectivity index (χ0v) is 7.45. The van der Waals surface area contributed by atoms with Gasteiger partial charge in [-0.25, -0.2) is 0 Å². The fourth-order valence-corrected chi connectivity index (χ4v) is 0.980. The Kier molecular flexibility index (Phi) is 5.27. The SMILES string of the molecule is COCCCOC1COCCO1. The summed E-state index contributed by atoms with van der Waals surface area (Å²) in [7, 11) is 1.68. The Labute approximate surface area is 72.7 Å². The Morgan fingerprint density at radius 2 is 2.25 bits per heavy atom. The first-order valence-electron chi connectivity index (χ1n) is 4.23. The molecule has 1 aliphatic rings. The third-order valence-electron chi connectivity index (χ3n) is 1.58. The van der Waals surface area contributed by atoms with Crippen LogP contribution in [0.3, 0.4) is 0 Å². The summed E-state index contributed by atoms with van der Waals surface area (Å²) in [5, 5.41) is 0. The zero-order valence-electron chi connectivity index (χ0n) is 7.45. The summed E-state index contributed by atoms with van der Waals surface area (Å²) in [4.78, 5) is 0. The van der Waals surface area contributed by atoms with E-state index in [9.17, 15) is 0 Å². The highest BCUT2D eigenvalue weighted by Gasteiger charge is 2.13. The van der Waals surface area contributed by atoms with Gasteiger partial charge in [0.15, 0.2) is 6.29 Å². The Bertz CT molecular complexity index is 101. The smallest absolute Gasteiger partial charge is 0.180 e. The molecule has 1 unspecified atom stereocenters. The number of methoxy groups -OCH3 is 1. The highest BCUT2D eigenvalue weighted by Crippen LogP contribution is 2.02. The van der Waals surface area contributed by atoms with E-state index in [0.29, 0.717) is 26.4 Å². The van der Waals surface area contributed by atoms with E-state index in [1.807, 2.05) is 0 Å². The molecule has 1 aliphatic heterocycles. The lowest BCUT2D eigenvalue weighted by Crippen LogP contribution is -2.31. The summed E-state index contributed by atoms with van der Waals surface area (Å²) in [5.74, 6) is 0. The van der Waals surface area contributed by atoms with Crippen molar-refractivity contribution >= 4 is 0 Å². The first kappa shape index (κ1) is 9.92. The van der Waals surface area contributed by atoms with Crippen LogP contribution >= 0.6 is 0 Å². The summed E-state index contributed by atoms with van der Waals surface area (Å²) in [6.07, 6.45) is 0.728. The van der Waals surface area contributed by atoms with Crippen LogP contribution in [0, 0.1) is 0 Å². The number of rotatable bonds is 5. The Hall–Kier alpha value is -0.160. The molecule has 4 heteroatoms. The van der Waals surface area contributed by atoms with Crippen LogP contribution in [-0.4, -0.2) is 46.4 Å². The molecule has 1 atom stereocenters. The van der Waals surface area contributed by atoms with Gasteiger partial charge in [-0.15, -0.1) is 0 Å². The van der Waals surface area contributed by atoms with Crippen molar-refractivity contribution in [2.24, 2.45) is 0 Å². The van der Waals surface area contributed by atoms with Crippen molar-refractivity contribution in [3.63, 3.8) is 0 Å². The van der Waals surface area contributed by atoms with Crippen LogP contribution < -0.4 is 0 Å². The van der Waals surface area contributed by atoms with Gasteiger partial charge in [-0.2, -0.15) is 0 Å². The van der Waals surface area contributed by atoms with Gasteiger partial charge in [-0.1, -0.05) is 0 Å². The molecule has 0 aliphatic carbocycles. The van der Waals surface area contributed by atoms with Gasteiger partial charge < -0.3 is 18.9 Å². The molecule has 0 radical (unpaired) electrons. The van der Waals surface area contributed by atoms with E-state index in [1.165, 1.54) is 0 Å². The van der Waals surface area contributed by atoms with Crippen molar-refractivity contribution in [1.82, 2.24) is 0 Å². The second-order valence-corrected chi connectivity index (χ2v) is 2.59. The number of ether oxygens (including phenoxy) is 4. The van der Waals surface area contributed by atoms with E-state index < -0.39 is 0 Å². The standard InChI is InChI=1S/C8H16O4/c1-9-3-2-4-11-8-7-10-5-6-12-8/h8H,2-7H2,1H3. The monoisotopic (exact) mass is 176 g/mol. The minimum absolute atomic E-state index is 0.171. The van der Waals surface area contributed by atoms with Gasteiger partial charge in [-0.3, -0.25) is 0 Å². The Morgan fingerprint density at radius 1 is 1.33 bits per heavy atom. The molecule has 0 bridgehead atoms. The molecule has 0 N–H and O–H groups in total. The first-order chi connectivity index (χ1) is 5.93. The summed E-state index contributed by atoms with van der Waals surface area (Å²) >= 11 is 0. The zero-order chi connectivity index (χ0) is 8.65. The molecule has 1 saturated heterocycles. The van der Waals surface area contributed by atoms with Gasteiger partial charge in [0.1, 0.15) is 0 Å². The molecule has 0 saturated carbocycles. The van der Waals surface area contributed by atoms with Crippen LogP contribution in [-0.2, 0) is 18.9 Å². The fraction of sp³-hybridized carbons (Fsp3) is 1.00. The Morgan fingerprint density at radius 3 is 2.92 bits per heavy atom. The topological polar surface area (TPSA) is 36.9 Å². The van der Waals surface area contributed by atoms with Crippen molar-refractivity contribution in [3.8, 4) is 0 Å². The third-order valence-corrected chi connectivity index (χ3v) is 1.58. The summed E-state index contributed by atoms with van der Waals surface area (Å²) < 4.78 is 20.7. The maximum absolute atomic E-state index is 5.36. The normalized spacial score (nSPS) is 24.2. The minimum atomic E-state index is -0.171. The molecular formula is C8H16O4. The molecular weight excluding hydrogens is 160 g/mol. The van der Waals surface area contributed by atoms with Crippen LogP contribution in [0.4, 0.5) is 0 Å². The first-order valence-corrected chi connectivity index (χ1v) is 4.23. The molecule has 0 spiro atoms. The van der Waals surface area contributed by atoms with E-state index in [1.54, 1.807) is 7.11 Å². The maximum Gasteiger partial charge on any atom is 0.180 e. The molecule has 72 valence electrons. The van der Waals surface area contributed by atoms with E-state index in [4.69, 9.17) is 18.9 Å². The Balaban J connectivity index is 1.91. The maximum atomic E-state index is 5.36. The number of hydrogen-bond acceptors (Lipinski definition) is 4. The van der Waals surface area contributed by atoms with Gasteiger partial charge in [0.25, 0.3) is 0 Å². The molecule has 0 aromatic heterocycles. The molecule has 0 amide bonds. The summed E-state index contributed by atoms with van der Waals surface area (Å²) in [6, 6.07) is 0. The average Bonchev–Trinajstić information content (AvgIpc) is 2.14. The van der Waals surface area contributed by atoms with Crippen LogP contribution in [0.5, 0.6) is 0 Å². The lowest BCUT2D eigenvalue weighted by molar-refractivity contribution is -0.212. The molecule has 1 rings (SSSR count). The second kappa shape index (κ2) is 6.37. The second-order valence-electron chi connectivity index (χ2n) is 2.59. The molecule has 1 fully saturated rings. The van der Waals surface area contributed by atoms with Crippen molar-refractivity contribution in [2.45, 2.75) is 12.7 Å². The summed E-state index contributed by atoms with van der Waals surface area (Å²) in [6.45, 7) is 3.26. The van der Waals surface area contributed by atoms with E-state index in [0.717, 1.165) is 13.0 Å². The van der Waals surface area contributed by atoms with Crippen molar-refractivity contribution in [3.05, 3.63) is 0 Å². The van der Waals surface area contributed by atoms with Crippen LogP contribution in [0.2, 0.25) is 0 Å². The van der Waals surface area contributed by atoms with Gasteiger partial charge in [0.05, 0.1) is 26.4 Å². The third kappa shape index (κ3) is 4.01. The van der Waals surface area contributed by atoms with Crippen molar-refractivity contribution < 1.29 is 18.9 Å². The summed E-state index contributed by atoms with van der Waals surface area (Å²) in [5.41, 5.74) is 0.